The number of rotatable bonds is 5. The summed E-state index contributed by atoms with van der Waals surface area (Å²) in [7, 11) is 0. The summed E-state index contributed by atoms with van der Waals surface area (Å²) in [5.74, 6) is 0.213. The minimum atomic E-state index is 0.213. The summed E-state index contributed by atoms with van der Waals surface area (Å²) < 4.78 is 0. The molecule has 0 bridgehead atoms. The van der Waals surface area contributed by atoms with E-state index in [9.17, 15) is 4.79 Å². The monoisotopic (exact) mass is 339 g/mol. The Morgan fingerprint density at radius 3 is 2.00 bits per heavy atom. The van der Waals surface area contributed by atoms with Crippen LogP contribution >= 0.6 is 11.6 Å². The van der Waals surface area contributed by atoms with E-state index in [1.54, 1.807) is 0 Å². The molecule has 0 unspecified atom stereocenters. The van der Waals surface area contributed by atoms with Crippen molar-refractivity contribution in [1.29, 1.82) is 0 Å². The van der Waals surface area contributed by atoms with E-state index in [4.69, 9.17) is 11.6 Å². The van der Waals surface area contributed by atoms with E-state index in [0.29, 0.717) is 6.54 Å². The van der Waals surface area contributed by atoms with E-state index in [2.05, 4.69) is 4.90 Å². The molecule has 0 atom stereocenters. The highest BCUT2D eigenvalue weighted by molar-refractivity contribution is 6.30. The Morgan fingerprint density at radius 2 is 1.42 bits per heavy atom. The largest absolute Gasteiger partial charge is 0.296 e. The zero-order chi connectivity index (χ0) is 16.8. The van der Waals surface area contributed by atoms with Crippen LogP contribution < -0.4 is 0 Å². The van der Waals surface area contributed by atoms with Crippen LogP contribution in [0.1, 0.15) is 40.7 Å². The van der Waals surface area contributed by atoms with Crippen molar-refractivity contribution in [2.45, 2.75) is 19.3 Å². The molecule has 3 rings (SSSR count). The van der Waals surface area contributed by atoms with Crippen molar-refractivity contribution in [3.8, 4) is 0 Å². The standard InChI is InChI=1S/C21H22ClNO/c22-20-12-8-18(9-13-20)5-4-17-6-10-19(11-7-17)21(24)16-23-14-2-1-3-15-23/h4-13H,1-3,14-16H2/b5-4-. The van der Waals surface area contributed by atoms with Gasteiger partial charge >= 0.3 is 0 Å². The van der Waals surface area contributed by atoms with Gasteiger partial charge in [-0.3, -0.25) is 9.69 Å². The molecule has 1 aliphatic heterocycles. The molecule has 3 heteroatoms. The smallest absolute Gasteiger partial charge is 0.176 e. The molecule has 2 aromatic carbocycles. The predicted molar refractivity (Wildman–Crippen MR) is 101 cm³/mol. The summed E-state index contributed by atoms with van der Waals surface area (Å²) in [4.78, 5) is 14.6. The molecule has 0 saturated carbocycles. The molecule has 1 heterocycles. The van der Waals surface area contributed by atoms with Crippen molar-refractivity contribution in [3.63, 3.8) is 0 Å². The number of carbonyl (C=O) groups is 1. The SMILES string of the molecule is O=C(CN1CCCCC1)c1ccc(/C=C\c2ccc(Cl)cc2)cc1. The molecule has 1 saturated heterocycles. The summed E-state index contributed by atoms with van der Waals surface area (Å²) >= 11 is 5.89. The van der Waals surface area contributed by atoms with E-state index < -0.39 is 0 Å². The van der Waals surface area contributed by atoms with Crippen LogP contribution in [0, 0.1) is 0 Å². The Morgan fingerprint density at radius 1 is 0.875 bits per heavy atom. The number of carbonyl (C=O) groups excluding carboxylic acids is 1. The molecule has 24 heavy (non-hydrogen) atoms. The quantitative estimate of drug-likeness (QED) is 0.552. The first-order chi connectivity index (χ1) is 11.7. The first-order valence-corrected chi connectivity index (χ1v) is 8.88. The van der Waals surface area contributed by atoms with Gasteiger partial charge in [-0.15, -0.1) is 0 Å². The van der Waals surface area contributed by atoms with Crippen LogP contribution in [-0.2, 0) is 0 Å². The number of hydrogen-bond donors (Lipinski definition) is 0. The van der Waals surface area contributed by atoms with Gasteiger partial charge in [0.25, 0.3) is 0 Å². The van der Waals surface area contributed by atoms with E-state index in [0.717, 1.165) is 34.8 Å². The third-order valence-corrected chi connectivity index (χ3v) is 4.64. The van der Waals surface area contributed by atoms with Gasteiger partial charge in [0.2, 0.25) is 0 Å². The molecule has 1 fully saturated rings. The number of piperidine rings is 1. The molecular formula is C21H22ClNO. The average molecular weight is 340 g/mol. The molecule has 0 radical (unpaired) electrons. The lowest BCUT2D eigenvalue weighted by atomic mass is 10.1. The normalized spacial score (nSPS) is 15.7. The van der Waals surface area contributed by atoms with Gasteiger partial charge < -0.3 is 0 Å². The maximum absolute atomic E-state index is 12.4. The van der Waals surface area contributed by atoms with Crippen molar-refractivity contribution in [1.82, 2.24) is 4.90 Å². The van der Waals surface area contributed by atoms with Gasteiger partial charge in [0.15, 0.2) is 5.78 Å². The van der Waals surface area contributed by atoms with Crippen LogP contribution in [0.3, 0.4) is 0 Å². The summed E-state index contributed by atoms with van der Waals surface area (Å²) in [6, 6.07) is 15.6. The van der Waals surface area contributed by atoms with Crippen molar-refractivity contribution in [3.05, 3.63) is 70.2 Å². The zero-order valence-electron chi connectivity index (χ0n) is 13.7. The fourth-order valence-corrected chi connectivity index (χ4v) is 3.08. The lowest BCUT2D eigenvalue weighted by Crippen LogP contribution is -2.34. The van der Waals surface area contributed by atoms with Gasteiger partial charge in [0, 0.05) is 10.6 Å². The molecule has 0 spiro atoms. The minimum Gasteiger partial charge on any atom is -0.296 e. The highest BCUT2D eigenvalue weighted by atomic mass is 35.5. The number of benzene rings is 2. The zero-order valence-corrected chi connectivity index (χ0v) is 14.5. The van der Waals surface area contributed by atoms with Gasteiger partial charge in [0.1, 0.15) is 0 Å². The van der Waals surface area contributed by atoms with Crippen LogP contribution in [0.5, 0.6) is 0 Å². The van der Waals surface area contributed by atoms with Crippen molar-refractivity contribution in [2.75, 3.05) is 19.6 Å². The highest BCUT2D eigenvalue weighted by Gasteiger charge is 2.14. The second-order valence-corrected chi connectivity index (χ2v) is 6.70. The Kier molecular flexibility index (Phi) is 5.84. The summed E-state index contributed by atoms with van der Waals surface area (Å²) in [5, 5.41) is 0.740. The van der Waals surface area contributed by atoms with Crippen LogP contribution in [0.25, 0.3) is 12.2 Å². The first kappa shape index (κ1) is 16.9. The van der Waals surface area contributed by atoms with Gasteiger partial charge in [-0.2, -0.15) is 0 Å². The second kappa shape index (κ2) is 8.27. The fourth-order valence-electron chi connectivity index (χ4n) is 2.96. The van der Waals surface area contributed by atoms with Gasteiger partial charge in [0.05, 0.1) is 6.54 Å². The molecule has 2 nitrogen and oxygen atoms in total. The fraction of sp³-hybridized carbons (Fsp3) is 0.286. The molecule has 0 aliphatic carbocycles. The van der Waals surface area contributed by atoms with E-state index in [1.807, 2.05) is 60.7 Å². The summed E-state index contributed by atoms with van der Waals surface area (Å²) in [5.41, 5.74) is 2.98. The van der Waals surface area contributed by atoms with Gasteiger partial charge in [-0.05, 0) is 49.2 Å². The van der Waals surface area contributed by atoms with Crippen LogP contribution in [-0.4, -0.2) is 30.3 Å². The van der Waals surface area contributed by atoms with E-state index in [1.165, 1.54) is 19.3 Å². The second-order valence-electron chi connectivity index (χ2n) is 6.27. The molecule has 1 aliphatic rings. The molecule has 0 amide bonds. The Labute approximate surface area is 148 Å². The number of likely N-dealkylation sites (tertiary alicyclic amines) is 1. The number of halogens is 1. The predicted octanol–water partition coefficient (Wildman–Crippen LogP) is 5.18. The third kappa shape index (κ3) is 4.80. The van der Waals surface area contributed by atoms with Gasteiger partial charge in [-0.1, -0.05) is 66.6 Å². The van der Waals surface area contributed by atoms with Gasteiger partial charge in [-0.25, -0.2) is 0 Å². The summed E-state index contributed by atoms with van der Waals surface area (Å²) in [6.45, 7) is 2.64. The lowest BCUT2D eigenvalue weighted by molar-refractivity contribution is 0.0915. The topological polar surface area (TPSA) is 20.3 Å². The summed E-state index contributed by atoms with van der Waals surface area (Å²) in [6.07, 6.45) is 7.80. The van der Waals surface area contributed by atoms with Crippen LogP contribution in [0.15, 0.2) is 48.5 Å². The Bertz CT molecular complexity index is 698. The molecule has 0 N–H and O–H groups in total. The van der Waals surface area contributed by atoms with E-state index >= 15 is 0 Å². The van der Waals surface area contributed by atoms with Crippen molar-refractivity contribution < 1.29 is 4.79 Å². The third-order valence-electron chi connectivity index (χ3n) is 4.39. The Hall–Kier alpha value is -1.90. The minimum absolute atomic E-state index is 0.213. The van der Waals surface area contributed by atoms with Crippen molar-refractivity contribution in [2.24, 2.45) is 0 Å². The molecule has 0 aromatic heterocycles. The van der Waals surface area contributed by atoms with Crippen molar-refractivity contribution >= 4 is 29.5 Å². The Balaban J connectivity index is 1.60. The number of Topliss-reactive ketones (excluding diaryl/α,β-unsaturated/α-hetero) is 1. The maximum atomic E-state index is 12.4. The maximum Gasteiger partial charge on any atom is 0.176 e. The highest BCUT2D eigenvalue weighted by Crippen LogP contribution is 2.14. The number of ketones is 1. The van der Waals surface area contributed by atoms with E-state index in [-0.39, 0.29) is 5.78 Å². The molecule has 124 valence electrons. The molecule has 2 aromatic rings. The lowest BCUT2D eigenvalue weighted by Gasteiger charge is -2.25. The number of hydrogen-bond acceptors (Lipinski definition) is 2. The first-order valence-electron chi connectivity index (χ1n) is 8.50. The number of nitrogens with zero attached hydrogens (tertiary/aromatic N) is 1. The van der Waals surface area contributed by atoms with Crippen LogP contribution in [0.4, 0.5) is 0 Å². The van der Waals surface area contributed by atoms with Crippen LogP contribution in [0.2, 0.25) is 5.02 Å². The molecular weight excluding hydrogens is 318 g/mol. The average Bonchev–Trinajstić information content (AvgIpc) is 2.62.